The molecule has 2 rings (SSSR count). The zero-order chi connectivity index (χ0) is 13.0. The van der Waals surface area contributed by atoms with Crippen molar-refractivity contribution >= 4 is 11.6 Å². The van der Waals surface area contributed by atoms with Crippen LogP contribution in [0.5, 0.6) is 0 Å². The number of nitrogen functional groups attached to an aromatic ring is 1. The Morgan fingerprint density at radius 1 is 1.56 bits per heavy atom. The summed E-state index contributed by atoms with van der Waals surface area (Å²) >= 11 is 0. The molecule has 6 nitrogen and oxygen atoms in total. The van der Waals surface area contributed by atoms with Crippen LogP contribution in [-0.4, -0.2) is 34.8 Å². The van der Waals surface area contributed by atoms with E-state index in [1.54, 1.807) is 0 Å². The third kappa shape index (κ3) is 2.88. The third-order valence-electron chi connectivity index (χ3n) is 3.25. The molecule has 4 N–H and O–H groups in total. The van der Waals surface area contributed by atoms with E-state index in [2.05, 4.69) is 27.2 Å². The Balaban J connectivity index is 2.18. The second-order valence-corrected chi connectivity index (χ2v) is 4.71. The van der Waals surface area contributed by atoms with Crippen LogP contribution >= 0.6 is 0 Å². The zero-order valence-electron chi connectivity index (χ0n) is 10.8. The highest BCUT2D eigenvalue weighted by molar-refractivity contribution is 5.49. The summed E-state index contributed by atoms with van der Waals surface area (Å²) in [5.41, 5.74) is 2.59. The summed E-state index contributed by atoms with van der Waals surface area (Å²) in [7, 11) is 0. The smallest absolute Gasteiger partial charge is 0.145 e. The van der Waals surface area contributed by atoms with Crippen LogP contribution in [0.15, 0.2) is 6.07 Å². The maximum Gasteiger partial charge on any atom is 0.145 e. The summed E-state index contributed by atoms with van der Waals surface area (Å²) in [5, 5.41) is 9.18. The molecule has 1 saturated heterocycles. The van der Waals surface area contributed by atoms with Gasteiger partial charge in [0, 0.05) is 38.1 Å². The average molecular weight is 251 g/mol. The average Bonchev–Trinajstić information content (AvgIpc) is 2.87. The van der Waals surface area contributed by atoms with Crippen LogP contribution in [0.3, 0.4) is 0 Å². The van der Waals surface area contributed by atoms with Gasteiger partial charge in [-0.15, -0.1) is 0 Å². The summed E-state index contributed by atoms with van der Waals surface area (Å²) < 4.78 is 0. The number of nitrogens with zero attached hydrogens (tertiary/aromatic N) is 3. The number of aryl methyl sites for hydroxylation is 1. The Bertz CT molecular complexity index is 398. The van der Waals surface area contributed by atoms with Crippen LogP contribution in [0.2, 0.25) is 0 Å². The van der Waals surface area contributed by atoms with Crippen molar-refractivity contribution in [3.05, 3.63) is 11.9 Å². The highest BCUT2D eigenvalue weighted by Gasteiger charge is 2.23. The first-order chi connectivity index (χ1) is 8.76. The Kier molecular flexibility index (Phi) is 4.33. The van der Waals surface area contributed by atoms with Gasteiger partial charge in [0.05, 0.1) is 0 Å². The number of hydrogen-bond acceptors (Lipinski definition) is 6. The second-order valence-electron chi connectivity index (χ2n) is 4.71. The molecule has 0 radical (unpaired) electrons. The predicted octanol–water partition coefficient (Wildman–Crippen LogP) is 0.533. The topological polar surface area (TPSA) is 87.3 Å². The first-order valence-electron chi connectivity index (χ1n) is 6.47. The molecule has 0 spiro atoms. The van der Waals surface area contributed by atoms with Gasteiger partial charge in [-0.3, -0.25) is 0 Å². The lowest BCUT2D eigenvalue weighted by Gasteiger charge is -2.18. The molecule has 1 fully saturated rings. The minimum Gasteiger partial charge on any atom is -0.396 e. The molecular formula is C12H21N5O. The Labute approximate surface area is 107 Å². The van der Waals surface area contributed by atoms with Gasteiger partial charge in [-0.05, 0) is 12.8 Å². The maximum atomic E-state index is 9.18. The number of aliphatic hydroxyl groups excluding tert-OH is 1. The molecule has 100 valence electrons. The van der Waals surface area contributed by atoms with Crippen molar-refractivity contribution in [2.75, 3.05) is 30.0 Å². The van der Waals surface area contributed by atoms with Gasteiger partial charge in [-0.2, -0.15) is 0 Å². The largest absolute Gasteiger partial charge is 0.396 e. The first kappa shape index (κ1) is 13.0. The van der Waals surface area contributed by atoms with E-state index in [1.165, 1.54) is 0 Å². The highest BCUT2D eigenvalue weighted by atomic mass is 16.3. The Morgan fingerprint density at radius 2 is 2.39 bits per heavy atom. The van der Waals surface area contributed by atoms with Gasteiger partial charge < -0.3 is 15.4 Å². The summed E-state index contributed by atoms with van der Waals surface area (Å²) in [6, 6.07) is 1.86. The van der Waals surface area contributed by atoms with Crippen LogP contribution in [0.1, 0.15) is 25.6 Å². The molecule has 6 heteroatoms. The zero-order valence-corrected chi connectivity index (χ0v) is 10.8. The fourth-order valence-electron chi connectivity index (χ4n) is 2.24. The van der Waals surface area contributed by atoms with Crippen molar-refractivity contribution in [1.29, 1.82) is 0 Å². The van der Waals surface area contributed by atoms with Gasteiger partial charge in [-0.25, -0.2) is 15.8 Å². The molecule has 0 amide bonds. The van der Waals surface area contributed by atoms with Gasteiger partial charge in [0.15, 0.2) is 0 Å². The summed E-state index contributed by atoms with van der Waals surface area (Å²) in [5.74, 6) is 8.15. The molecule has 1 aliphatic heterocycles. The fourth-order valence-corrected chi connectivity index (χ4v) is 2.24. The molecular weight excluding hydrogens is 230 g/mol. The van der Waals surface area contributed by atoms with E-state index >= 15 is 0 Å². The van der Waals surface area contributed by atoms with E-state index in [1.807, 2.05) is 6.07 Å². The van der Waals surface area contributed by atoms with Crippen molar-refractivity contribution in [3.63, 3.8) is 0 Å². The molecule has 1 unspecified atom stereocenters. The number of rotatable bonds is 5. The van der Waals surface area contributed by atoms with E-state index in [0.717, 1.165) is 44.0 Å². The normalized spacial score (nSPS) is 19.3. The lowest BCUT2D eigenvalue weighted by Crippen LogP contribution is -2.23. The Hall–Kier alpha value is -1.40. The lowest BCUT2D eigenvalue weighted by atomic mass is 10.1. The minimum absolute atomic E-state index is 0.241. The van der Waals surface area contributed by atoms with E-state index in [-0.39, 0.29) is 6.61 Å². The van der Waals surface area contributed by atoms with Crippen LogP contribution < -0.4 is 16.2 Å². The van der Waals surface area contributed by atoms with E-state index in [0.29, 0.717) is 11.7 Å². The summed E-state index contributed by atoms with van der Waals surface area (Å²) in [6.45, 7) is 4.12. The van der Waals surface area contributed by atoms with Gasteiger partial charge in [-0.1, -0.05) is 6.92 Å². The molecule has 0 saturated carbocycles. The molecule has 1 aliphatic rings. The molecule has 18 heavy (non-hydrogen) atoms. The number of nitrogens with two attached hydrogens (primary N) is 1. The second kappa shape index (κ2) is 5.97. The highest BCUT2D eigenvalue weighted by Crippen LogP contribution is 2.23. The van der Waals surface area contributed by atoms with Crippen molar-refractivity contribution in [1.82, 2.24) is 9.97 Å². The molecule has 2 heterocycles. The first-order valence-corrected chi connectivity index (χ1v) is 6.47. The van der Waals surface area contributed by atoms with Crippen LogP contribution in [0.25, 0.3) is 0 Å². The van der Waals surface area contributed by atoms with Crippen LogP contribution in [0, 0.1) is 5.92 Å². The summed E-state index contributed by atoms with van der Waals surface area (Å²) in [6.07, 6.45) is 2.86. The maximum absolute atomic E-state index is 9.18. The van der Waals surface area contributed by atoms with Gasteiger partial charge in [0.1, 0.15) is 17.5 Å². The van der Waals surface area contributed by atoms with Gasteiger partial charge >= 0.3 is 0 Å². The van der Waals surface area contributed by atoms with Gasteiger partial charge in [0.25, 0.3) is 0 Å². The Morgan fingerprint density at radius 3 is 3.00 bits per heavy atom. The number of aliphatic hydroxyl groups is 1. The monoisotopic (exact) mass is 251 g/mol. The number of aromatic nitrogens is 2. The van der Waals surface area contributed by atoms with E-state index in [4.69, 9.17) is 5.84 Å². The van der Waals surface area contributed by atoms with E-state index < -0.39 is 0 Å². The molecule has 0 aliphatic carbocycles. The van der Waals surface area contributed by atoms with Crippen LogP contribution in [-0.2, 0) is 6.42 Å². The number of hydrogen-bond donors (Lipinski definition) is 3. The molecule has 0 aromatic carbocycles. The number of anilines is 2. The standard InChI is InChI=1S/C12H21N5O/c1-2-3-10-14-11(16-13)6-12(15-10)17-5-4-9(7-17)8-18/h6,9,18H,2-5,7-8,13H2,1H3,(H,14,15,16). The molecule has 0 bridgehead atoms. The van der Waals surface area contributed by atoms with Gasteiger partial charge in [0.2, 0.25) is 0 Å². The number of nitrogens with one attached hydrogen (secondary N) is 1. The van der Waals surface area contributed by atoms with Crippen LogP contribution in [0.4, 0.5) is 11.6 Å². The SMILES string of the molecule is CCCc1nc(NN)cc(N2CCC(CO)C2)n1. The fraction of sp³-hybridized carbons (Fsp3) is 0.667. The van der Waals surface area contributed by atoms with Crippen molar-refractivity contribution in [2.45, 2.75) is 26.2 Å². The predicted molar refractivity (Wildman–Crippen MR) is 71.2 cm³/mol. The number of hydrazine groups is 1. The van der Waals surface area contributed by atoms with Crippen molar-refractivity contribution < 1.29 is 5.11 Å². The quantitative estimate of drug-likeness (QED) is 0.523. The van der Waals surface area contributed by atoms with Crippen molar-refractivity contribution in [3.8, 4) is 0 Å². The van der Waals surface area contributed by atoms with E-state index in [9.17, 15) is 5.11 Å². The third-order valence-corrected chi connectivity index (χ3v) is 3.25. The molecule has 1 aromatic rings. The van der Waals surface area contributed by atoms with Crippen molar-refractivity contribution in [2.24, 2.45) is 11.8 Å². The lowest BCUT2D eigenvalue weighted by molar-refractivity contribution is 0.238. The minimum atomic E-state index is 0.241. The molecule has 1 aromatic heterocycles. The molecule has 1 atom stereocenters. The summed E-state index contributed by atoms with van der Waals surface area (Å²) in [4.78, 5) is 11.1.